The smallest absolute Gasteiger partial charge is 0.346 e. The van der Waals surface area contributed by atoms with Gasteiger partial charge in [-0.2, -0.15) is 0 Å². The van der Waals surface area contributed by atoms with Crippen LogP contribution in [-0.2, 0) is 24.4 Å². The highest BCUT2D eigenvalue weighted by Gasteiger charge is 2.27. The summed E-state index contributed by atoms with van der Waals surface area (Å²) >= 11 is 3.42. The lowest BCUT2D eigenvalue weighted by molar-refractivity contribution is -0.146. The summed E-state index contributed by atoms with van der Waals surface area (Å²) in [6, 6.07) is 14.7. The van der Waals surface area contributed by atoms with Gasteiger partial charge in [0.1, 0.15) is 5.75 Å². The molecule has 2 aromatic carbocycles. The molecule has 0 unspecified atom stereocenters. The summed E-state index contributed by atoms with van der Waals surface area (Å²) in [6.07, 6.45) is 0. The van der Waals surface area contributed by atoms with Crippen molar-refractivity contribution < 1.29 is 23.8 Å². The molecule has 0 saturated heterocycles. The summed E-state index contributed by atoms with van der Waals surface area (Å²) in [5.74, 6) is -0.751. The van der Waals surface area contributed by atoms with E-state index in [2.05, 4.69) is 15.9 Å². The predicted molar refractivity (Wildman–Crippen MR) is 111 cm³/mol. The third kappa shape index (κ3) is 5.23. The molecule has 148 valence electrons. The molecule has 0 aliphatic carbocycles. The van der Waals surface area contributed by atoms with Crippen molar-refractivity contribution in [3.05, 3.63) is 70.8 Å². The number of hydrogen-bond acceptors (Lipinski definition) is 5. The van der Waals surface area contributed by atoms with Gasteiger partial charge in [0, 0.05) is 10.9 Å². The molecule has 6 heteroatoms. The third-order valence-corrected chi connectivity index (χ3v) is 4.63. The van der Waals surface area contributed by atoms with Crippen LogP contribution in [-0.4, -0.2) is 32.3 Å². The summed E-state index contributed by atoms with van der Waals surface area (Å²) < 4.78 is 15.5. The van der Waals surface area contributed by atoms with Gasteiger partial charge in [-0.1, -0.05) is 52.3 Å². The van der Waals surface area contributed by atoms with Crippen LogP contribution in [0, 0.1) is 0 Å². The monoisotopic (exact) mass is 446 g/mol. The zero-order valence-electron chi connectivity index (χ0n) is 16.2. The Hall–Kier alpha value is -2.60. The number of hydrogen-bond donors (Lipinski definition) is 0. The fraction of sp³-hybridized carbons (Fsp3) is 0.273. The van der Waals surface area contributed by atoms with Gasteiger partial charge in [0.15, 0.2) is 5.57 Å². The summed E-state index contributed by atoms with van der Waals surface area (Å²) in [4.78, 5) is 25.4. The SMILES string of the molecule is CCOC(=O)C(C(=O)OCC)=C(c1ccc(CBr)cc1)c1ccc(OC)cc1. The Kier molecular flexibility index (Phi) is 8.26. The number of benzene rings is 2. The third-order valence-electron chi connectivity index (χ3n) is 3.98. The molecule has 0 spiro atoms. The fourth-order valence-electron chi connectivity index (χ4n) is 2.67. The highest BCUT2D eigenvalue weighted by atomic mass is 79.9. The minimum Gasteiger partial charge on any atom is -0.497 e. The summed E-state index contributed by atoms with van der Waals surface area (Å²) in [7, 11) is 1.58. The second-order valence-electron chi connectivity index (χ2n) is 5.75. The van der Waals surface area contributed by atoms with Gasteiger partial charge in [-0.15, -0.1) is 0 Å². The topological polar surface area (TPSA) is 61.8 Å². The van der Waals surface area contributed by atoms with Crippen molar-refractivity contribution >= 4 is 33.4 Å². The molecule has 0 radical (unpaired) electrons. The number of rotatable bonds is 8. The van der Waals surface area contributed by atoms with Gasteiger partial charge in [-0.3, -0.25) is 0 Å². The largest absolute Gasteiger partial charge is 0.497 e. The van der Waals surface area contributed by atoms with Crippen molar-refractivity contribution in [3.63, 3.8) is 0 Å². The first-order valence-electron chi connectivity index (χ1n) is 8.93. The van der Waals surface area contributed by atoms with E-state index in [1.165, 1.54) is 0 Å². The number of esters is 2. The Morgan fingerprint density at radius 1 is 0.821 bits per heavy atom. The number of carbonyl (C=O) groups excluding carboxylic acids is 2. The Labute approximate surface area is 173 Å². The molecule has 0 N–H and O–H groups in total. The molecule has 0 heterocycles. The minimum atomic E-state index is -0.712. The maximum Gasteiger partial charge on any atom is 0.346 e. The average Bonchev–Trinajstić information content (AvgIpc) is 2.72. The van der Waals surface area contributed by atoms with E-state index in [9.17, 15) is 9.59 Å². The molecule has 2 aromatic rings. The molecule has 0 saturated carbocycles. The van der Waals surface area contributed by atoms with Crippen LogP contribution < -0.4 is 4.74 Å². The van der Waals surface area contributed by atoms with Crippen LogP contribution >= 0.6 is 15.9 Å². The highest BCUT2D eigenvalue weighted by molar-refractivity contribution is 9.08. The van der Waals surface area contributed by atoms with Gasteiger partial charge < -0.3 is 14.2 Å². The predicted octanol–water partition coefficient (Wildman–Crippen LogP) is 4.52. The van der Waals surface area contributed by atoms with E-state index in [0.29, 0.717) is 27.8 Å². The quantitative estimate of drug-likeness (QED) is 0.196. The Morgan fingerprint density at radius 2 is 1.29 bits per heavy atom. The second kappa shape index (κ2) is 10.7. The molecule has 2 rings (SSSR count). The first kappa shape index (κ1) is 21.7. The Bertz CT molecular complexity index is 769. The molecule has 0 bridgehead atoms. The standard InChI is InChI=1S/C22H23BrO5/c1-4-27-21(24)20(22(25)28-5-2)19(16-8-6-15(14-23)7-9-16)17-10-12-18(26-3)13-11-17/h6-13H,4-5,14H2,1-3H3. The van der Waals surface area contributed by atoms with Gasteiger partial charge in [0.05, 0.1) is 20.3 Å². The lowest BCUT2D eigenvalue weighted by atomic mass is 9.92. The second-order valence-corrected chi connectivity index (χ2v) is 6.31. The first-order chi connectivity index (χ1) is 13.5. The molecular formula is C22H23BrO5. The molecule has 0 aliphatic rings. The summed E-state index contributed by atoms with van der Waals surface area (Å²) in [6.45, 7) is 3.69. The fourth-order valence-corrected chi connectivity index (χ4v) is 3.04. The maximum atomic E-state index is 12.7. The number of halogens is 1. The van der Waals surface area contributed by atoms with E-state index in [1.807, 2.05) is 24.3 Å². The number of carbonyl (C=O) groups is 2. The van der Waals surface area contributed by atoms with E-state index < -0.39 is 11.9 Å². The molecule has 0 aliphatic heterocycles. The van der Waals surface area contributed by atoms with Crippen LogP contribution in [0.3, 0.4) is 0 Å². The van der Waals surface area contributed by atoms with Crippen LogP contribution in [0.1, 0.15) is 30.5 Å². The summed E-state index contributed by atoms with van der Waals surface area (Å²) in [5, 5.41) is 0.706. The van der Waals surface area contributed by atoms with Crippen LogP contribution in [0.2, 0.25) is 0 Å². The van der Waals surface area contributed by atoms with Gasteiger partial charge >= 0.3 is 11.9 Å². The highest BCUT2D eigenvalue weighted by Crippen LogP contribution is 2.30. The van der Waals surface area contributed by atoms with E-state index in [4.69, 9.17) is 14.2 Å². The van der Waals surface area contributed by atoms with Crippen molar-refractivity contribution in [1.82, 2.24) is 0 Å². The average molecular weight is 447 g/mol. The molecule has 0 atom stereocenters. The molecule has 5 nitrogen and oxygen atoms in total. The van der Waals surface area contributed by atoms with Gasteiger partial charge in [-0.05, 0) is 42.7 Å². The van der Waals surface area contributed by atoms with Crippen molar-refractivity contribution in [2.24, 2.45) is 0 Å². The maximum absolute atomic E-state index is 12.7. The van der Waals surface area contributed by atoms with Crippen molar-refractivity contribution in [3.8, 4) is 5.75 Å². The molecular weight excluding hydrogens is 424 g/mol. The zero-order chi connectivity index (χ0) is 20.5. The van der Waals surface area contributed by atoms with Gasteiger partial charge in [0.25, 0.3) is 0 Å². The van der Waals surface area contributed by atoms with Crippen LogP contribution in [0.4, 0.5) is 0 Å². The Morgan fingerprint density at radius 3 is 1.68 bits per heavy atom. The lowest BCUT2D eigenvalue weighted by Crippen LogP contribution is -2.20. The lowest BCUT2D eigenvalue weighted by Gasteiger charge is -2.15. The van der Waals surface area contributed by atoms with Gasteiger partial charge in [0.2, 0.25) is 0 Å². The number of alkyl halides is 1. The van der Waals surface area contributed by atoms with Gasteiger partial charge in [-0.25, -0.2) is 9.59 Å². The number of ether oxygens (including phenoxy) is 3. The molecule has 28 heavy (non-hydrogen) atoms. The number of methoxy groups -OCH3 is 1. The van der Waals surface area contributed by atoms with Crippen LogP contribution in [0.15, 0.2) is 54.1 Å². The minimum absolute atomic E-state index is 0.125. The molecule has 0 aromatic heterocycles. The molecule has 0 fully saturated rings. The van der Waals surface area contributed by atoms with E-state index in [0.717, 1.165) is 5.56 Å². The van der Waals surface area contributed by atoms with Crippen molar-refractivity contribution in [1.29, 1.82) is 0 Å². The van der Waals surface area contributed by atoms with Crippen LogP contribution in [0.25, 0.3) is 5.57 Å². The molecule has 0 amide bonds. The van der Waals surface area contributed by atoms with Crippen molar-refractivity contribution in [2.75, 3.05) is 20.3 Å². The Balaban J connectivity index is 2.74. The summed E-state index contributed by atoms with van der Waals surface area (Å²) in [5.41, 5.74) is 2.81. The van der Waals surface area contributed by atoms with Crippen molar-refractivity contribution in [2.45, 2.75) is 19.2 Å². The zero-order valence-corrected chi connectivity index (χ0v) is 17.7. The first-order valence-corrected chi connectivity index (χ1v) is 10.1. The van der Waals surface area contributed by atoms with Crippen LogP contribution in [0.5, 0.6) is 5.75 Å². The van der Waals surface area contributed by atoms with E-state index in [1.54, 1.807) is 45.2 Å². The van der Waals surface area contributed by atoms with E-state index in [-0.39, 0.29) is 18.8 Å². The van der Waals surface area contributed by atoms with E-state index >= 15 is 0 Å². The normalized spacial score (nSPS) is 10.1.